The number of likely N-dealkylation sites (N-methyl/N-ethyl adjacent to an activating group) is 1. The van der Waals surface area contributed by atoms with Crippen LogP contribution in [0.2, 0.25) is 0 Å². The van der Waals surface area contributed by atoms with Crippen LogP contribution in [0.3, 0.4) is 0 Å². The van der Waals surface area contributed by atoms with Gasteiger partial charge in [-0.05, 0) is 24.1 Å². The summed E-state index contributed by atoms with van der Waals surface area (Å²) in [5, 5.41) is 7.29. The van der Waals surface area contributed by atoms with Crippen LogP contribution in [0.15, 0.2) is 33.8 Å². The first-order chi connectivity index (χ1) is 10.8. The van der Waals surface area contributed by atoms with Crippen LogP contribution in [-0.2, 0) is 12.8 Å². The monoisotopic (exact) mass is 427 g/mol. The number of hydrogen-bond acceptors (Lipinski definition) is 6. The molecule has 7 heteroatoms. The number of aryl methyl sites for hydroxylation is 1. The Hall–Kier alpha value is -1.64. The number of nitrogens with zero attached hydrogens (tertiary/aromatic N) is 4. The van der Waals surface area contributed by atoms with Crippen LogP contribution >= 0.6 is 24.0 Å². The maximum absolute atomic E-state index is 5.25. The molecule has 0 bridgehead atoms. The Morgan fingerprint density at radius 2 is 2.04 bits per heavy atom. The van der Waals surface area contributed by atoms with E-state index in [1.807, 2.05) is 19.1 Å². The van der Waals surface area contributed by atoms with Gasteiger partial charge in [0.05, 0.1) is 6.54 Å². The highest BCUT2D eigenvalue weighted by molar-refractivity contribution is 14.0. The third-order valence-corrected chi connectivity index (χ3v) is 3.74. The maximum atomic E-state index is 5.25. The molecule has 0 spiro atoms. The van der Waals surface area contributed by atoms with Crippen molar-refractivity contribution in [3.05, 3.63) is 35.7 Å². The molecule has 0 radical (unpaired) electrons. The van der Waals surface area contributed by atoms with Crippen molar-refractivity contribution in [2.24, 2.45) is 4.99 Å². The van der Waals surface area contributed by atoms with Crippen molar-refractivity contribution in [1.29, 1.82) is 0 Å². The summed E-state index contributed by atoms with van der Waals surface area (Å²) in [6.07, 6.45) is 1.74. The third kappa shape index (κ3) is 4.43. The second-order valence-electron chi connectivity index (χ2n) is 5.37. The Kier molecular flexibility index (Phi) is 6.37. The molecule has 1 aromatic carbocycles. The Bertz CT molecular complexity index is 653. The van der Waals surface area contributed by atoms with Crippen molar-refractivity contribution in [3.8, 4) is 11.5 Å². The molecule has 0 saturated heterocycles. The predicted octanol–water partition coefficient (Wildman–Crippen LogP) is 2.35. The first-order valence-corrected chi connectivity index (χ1v) is 7.67. The average molecular weight is 427 g/mol. The van der Waals surface area contributed by atoms with Crippen molar-refractivity contribution >= 4 is 29.9 Å². The Morgan fingerprint density at radius 1 is 1.26 bits per heavy atom. The number of aromatic nitrogens is 2. The Labute approximate surface area is 153 Å². The molecule has 1 aromatic heterocycles. The SMILES string of the molecule is CCc1noc(-c2ccc(CCNC3=NCCN3C)cc2)n1.I. The van der Waals surface area contributed by atoms with Gasteiger partial charge in [-0.25, -0.2) is 0 Å². The van der Waals surface area contributed by atoms with E-state index in [1.54, 1.807) is 0 Å². The van der Waals surface area contributed by atoms with Crippen molar-refractivity contribution < 1.29 is 4.52 Å². The molecule has 0 fully saturated rings. The molecule has 0 atom stereocenters. The summed E-state index contributed by atoms with van der Waals surface area (Å²) in [6.45, 7) is 4.78. The van der Waals surface area contributed by atoms with Gasteiger partial charge in [0.1, 0.15) is 0 Å². The van der Waals surface area contributed by atoms with E-state index in [9.17, 15) is 0 Å². The minimum absolute atomic E-state index is 0. The zero-order chi connectivity index (χ0) is 15.4. The quantitative estimate of drug-likeness (QED) is 0.743. The summed E-state index contributed by atoms with van der Waals surface area (Å²) in [5.74, 6) is 2.32. The minimum Gasteiger partial charge on any atom is -0.356 e. The van der Waals surface area contributed by atoms with Gasteiger partial charge in [0.15, 0.2) is 11.8 Å². The number of aliphatic imine (C=N–C) groups is 1. The first kappa shape index (κ1) is 17.7. The van der Waals surface area contributed by atoms with Crippen LogP contribution in [0.4, 0.5) is 0 Å². The van der Waals surface area contributed by atoms with Gasteiger partial charge in [0.2, 0.25) is 0 Å². The van der Waals surface area contributed by atoms with Gasteiger partial charge < -0.3 is 14.7 Å². The lowest BCUT2D eigenvalue weighted by molar-refractivity contribution is 0.423. The third-order valence-electron chi connectivity index (χ3n) is 3.74. The van der Waals surface area contributed by atoms with E-state index in [-0.39, 0.29) is 24.0 Å². The zero-order valence-electron chi connectivity index (χ0n) is 13.5. The number of rotatable bonds is 5. The predicted molar refractivity (Wildman–Crippen MR) is 101 cm³/mol. The second-order valence-corrected chi connectivity index (χ2v) is 5.37. The number of guanidine groups is 1. The summed E-state index contributed by atoms with van der Waals surface area (Å²) in [4.78, 5) is 10.9. The first-order valence-electron chi connectivity index (χ1n) is 7.67. The van der Waals surface area contributed by atoms with Gasteiger partial charge in [-0.2, -0.15) is 4.98 Å². The van der Waals surface area contributed by atoms with E-state index in [0.717, 1.165) is 49.8 Å². The number of nitrogens with one attached hydrogen (secondary N) is 1. The molecule has 3 rings (SSSR count). The highest BCUT2D eigenvalue weighted by atomic mass is 127. The molecular weight excluding hydrogens is 405 g/mol. The molecule has 0 saturated carbocycles. The van der Waals surface area contributed by atoms with E-state index >= 15 is 0 Å². The second kappa shape index (κ2) is 8.28. The lowest BCUT2D eigenvalue weighted by Gasteiger charge is -2.15. The van der Waals surface area contributed by atoms with E-state index in [4.69, 9.17) is 4.52 Å². The van der Waals surface area contributed by atoms with Crippen molar-refractivity contribution in [1.82, 2.24) is 20.4 Å². The fourth-order valence-corrected chi connectivity index (χ4v) is 2.37. The highest BCUT2D eigenvalue weighted by Crippen LogP contribution is 2.18. The largest absolute Gasteiger partial charge is 0.356 e. The van der Waals surface area contributed by atoms with E-state index < -0.39 is 0 Å². The maximum Gasteiger partial charge on any atom is 0.257 e. The van der Waals surface area contributed by atoms with Crippen molar-refractivity contribution in [2.75, 3.05) is 26.7 Å². The molecule has 1 N–H and O–H groups in total. The van der Waals surface area contributed by atoms with E-state index in [1.165, 1.54) is 5.56 Å². The number of benzene rings is 1. The summed E-state index contributed by atoms with van der Waals surface area (Å²) >= 11 is 0. The molecule has 1 aliphatic heterocycles. The standard InChI is InChI=1S/C16H21N5O.HI/c1-3-14-19-15(22-20-14)13-6-4-12(5-7-13)8-9-17-16-18-10-11-21(16)2;/h4-7H,3,8-11H2,1-2H3,(H,17,18);1H. The number of halogens is 1. The summed E-state index contributed by atoms with van der Waals surface area (Å²) in [6, 6.07) is 8.27. The molecule has 2 heterocycles. The summed E-state index contributed by atoms with van der Waals surface area (Å²) in [5.41, 5.74) is 2.23. The molecule has 6 nitrogen and oxygen atoms in total. The van der Waals surface area contributed by atoms with Crippen LogP contribution in [-0.4, -0.2) is 47.7 Å². The van der Waals surface area contributed by atoms with Gasteiger partial charge >= 0.3 is 0 Å². The van der Waals surface area contributed by atoms with Gasteiger partial charge in [-0.3, -0.25) is 4.99 Å². The van der Waals surface area contributed by atoms with Gasteiger partial charge in [0.25, 0.3) is 5.89 Å². The van der Waals surface area contributed by atoms with Crippen molar-refractivity contribution in [3.63, 3.8) is 0 Å². The fraction of sp³-hybridized carbons (Fsp3) is 0.438. The fourth-order valence-electron chi connectivity index (χ4n) is 2.37. The van der Waals surface area contributed by atoms with Gasteiger partial charge in [-0.1, -0.05) is 24.2 Å². The smallest absolute Gasteiger partial charge is 0.257 e. The van der Waals surface area contributed by atoms with Crippen LogP contribution in [0.5, 0.6) is 0 Å². The molecule has 1 aliphatic rings. The van der Waals surface area contributed by atoms with Gasteiger partial charge in [0, 0.05) is 32.1 Å². The lowest BCUT2D eigenvalue weighted by Crippen LogP contribution is -2.36. The van der Waals surface area contributed by atoms with Crippen LogP contribution in [0, 0.1) is 0 Å². The van der Waals surface area contributed by atoms with E-state index in [2.05, 4.69) is 44.5 Å². The van der Waals surface area contributed by atoms with Gasteiger partial charge in [-0.15, -0.1) is 24.0 Å². The molecule has 124 valence electrons. The Morgan fingerprint density at radius 3 is 2.65 bits per heavy atom. The van der Waals surface area contributed by atoms with Crippen LogP contribution < -0.4 is 5.32 Å². The zero-order valence-corrected chi connectivity index (χ0v) is 15.8. The number of hydrogen-bond donors (Lipinski definition) is 1. The molecule has 2 aromatic rings. The van der Waals surface area contributed by atoms with Crippen LogP contribution in [0.1, 0.15) is 18.3 Å². The van der Waals surface area contributed by atoms with Crippen molar-refractivity contribution in [2.45, 2.75) is 19.8 Å². The summed E-state index contributed by atoms with van der Waals surface area (Å²) < 4.78 is 5.25. The van der Waals surface area contributed by atoms with E-state index in [0.29, 0.717) is 5.89 Å². The normalized spacial score (nSPS) is 13.7. The molecule has 23 heavy (non-hydrogen) atoms. The molecule has 0 amide bonds. The topological polar surface area (TPSA) is 66.6 Å². The molecular formula is C16H22IN5O. The minimum atomic E-state index is 0. The van der Waals surface area contributed by atoms with Crippen LogP contribution in [0.25, 0.3) is 11.5 Å². The lowest BCUT2D eigenvalue weighted by atomic mass is 10.1. The molecule has 0 aliphatic carbocycles. The highest BCUT2D eigenvalue weighted by Gasteiger charge is 2.11. The Balaban J connectivity index is 0.00000192. The average Bonchev–Trinajstić information content (AvgIpc) is 3.17. The molecule has 0 unspecified atom stereocenters. The summed E-state index contributed by atoms with van der Waals surface area (Å²) in [7, 11) is 2.06.